The smallest absolute Gasteiger partial charge is 0.122 e. The van der Waals surface area contributed by atoms with Gasteiger partial charge in [-0.3, -0.25) is 0 Å². The van der Waals surface area contributed by atoms with Crippen molar-refractivity contribution in [1.29, 1.82) is 0 Å². The lowest BCUT2D eigenvalue weighted by Crippen LogP contribution is -2.32. The molecule has 0 N–H and O–H groups in total. The van der Waals surface area contributed by atoms with Crippen LogP contribution in [0.15, 0.2) is 109 Å². The fraction of sp³-hybridized carbons (Fsp3) is 0.185. The van der Waals surface area contributed by atoms with E-state index in [4.69, 9.17) is 4.74 Å². The predicted octanol–water partition coefficient (Wildman–Crippen LogP) is 6.64. The zero-order valence-corrected chi connectivity index (χ0v) is 17.0. The van der Waals surface area contributed by atoms with Gasteiger partial charge in [-0.2, -0.15) is 0 Å². The van der Waals surface area contributed by atoms with Gasteiger partial charge < -0.3 is 9.64 Å². The molecule has 0 spiro atoms. The van der Waals surface area contributed by atoms with Crippen LogP contribution in [0.3, 0.4) is 0 Å². The van der Waals surface area contributed by atoms with Crippen LogP contribution in [-0.2, 0) is 4.74 Å². The Morgan fingerprint density at radius 2 is 1.38 bits per heavy atom. The van der Waals surface area contributed by atoms with E-state index in [0.717, 1.165) is 5.76 Å². The molecule has 3 aromatic carbocycles. The van der Waals surface area contributed by atoms with Crippen LogP contribution >= 0.6 is 0 Å². The summed E-state index contributed by atoms with van der Waals surface area (Å²) in [5.41, 5.74) is 3.62. The van der Waals surface area contributed by atoms with Gasteiger partial charge in [0.05, 0.1) is 12.1 Å². The van der Waals surface area contributed by atoms with E-state index in [1.54, 1.807) is 0 Å². The normalized spacial score (nSPS) is 19.0. The first kappa shape index (κ1) is 19.1. The molecule has 0 radical (unpaired) electrons. The number of ether oxygens (including phenoxy) is 1. The summed E-state index contributed by atoms with van der Waals surface area (Å²) >= 11 is 0. The molecule has 0 saturated carbocycles. The second kappa shape index (κ2) is 8.83. The Balaban J connectivity index is 1.77. The van der Waals surface area contributed by atoms with Gasteiger partial charge in [-0.15, -0.1) is 0 Å². The molecule has 0 saturated heterocycles. The van der Waals surface area contributed by atoms with Crippen molar-refractivity contribution in [3.8, 4) is 0 Å². The first-order valence-corrected chi connectivity index (χ1v) is 10.2. The number of hydrogen-bond donors (Lipinski definition) is 0. The van der Waals surface area contributed by atoms with Gasteiger partial charge in [0.1, 0.15) is 11.8 Å². The van der Waals surface area contributed by atoms with Crippen LogP contribution in [0.5, 0.6) is 0 Å². The molecule has 0 aliphatic carbocycles. The summed E-state index contributed by atoms with van der Waals surface area (Å²) in [6.45, 7) is 4.17. The van der Waals surface area contributed by atoms with E-state index in [1.165, 1.54) is 16.8 Å². The fourth-order valence-electron chi connectivity index (χ4n) is 3.83. The Morgan fingerprint density at radius 1 is 0.793 bits per heavy atom. The van der Waals surface area contributed by atoms with Gasteiger partial charge in [-0.1, -0.05) is 91.0 Å². The number of hydrogen-bond acceptors (Lipinski definition) is 2. The zero-order valence-electron chi connectivity index (χ0n) is 17.0. The molecule has 4 rings (SSSR count). The van der Waals surface area contributed by atoms with Crippen molar-refractivity contribution in [2.45, 2.75) is 32.0 Å². The van der Waals surface area contributed by atoms with Crippen LogP contribution < -0.4 is 4.90 Å². The lowest BCUT2D eigenvalue weighted by molar-refractivity contribution is 0.136. The third-order valence-electron chi connectivity index (χ3n) is 5.03. The maximum Gasteiger partial charge on any atom is 0.122 e. The molecule has 0 bridgehead atoms. The van der Waals surface area contributed by atoms with Crippen molar-refractivity contribution in [3.05, 3.63) is 120 Å². The average Bonchev–Trinajstić information content (AvgIpc) is 3.11. The molecule has 0 amide bonds. The monoisotopic (exact) mass is 381 g/mol. The highest BCUT2D eigenvalue weighted by atomic mass is 16.5. The Morgan fingerprint density at radius 3 is 2.00 bits per heavy atom. The van der Waals surface area contributed by atoms with Gasteiger partial charge in [0.25, 0.3) is 0 Å². The molecular formula is C27H27NO. The van der Waals surface area contributed by atoms with Crippen molar-refractivity contribution in [2.75, 3.05) is 4.90 Å². The third kappa shape index (κ3) is 4.43. The minimum Gasteiger partial charge on any atom is -0.493 e. The highest BCUT2D eigenvalue weighted by Gasteiger charge is 2.36. The van der Waals surface area contributed by atoms with Crippen molar-refractivity contribution in [3.63, 3.8) is 0 Å². The molecular weight excluding hydrogens is 354 g/mol. The van der Waals surface area contributed by atoms with Crippen molar-refractivity contribution >= 4 is 11.8 Å². The van der Waals surface area contributed by atoms with Gasteiger partial charge >= 0.3 is 0 Å². The molecule has 1 heterocycles. The Bertz CT molecular complexity index is 961. The maximum absolute atomic E-state index is 6.30. The molecule has 146 valence electrons. The number of rotatable bonds is 6. The number of para-hydroxylation sites is 1. The summed E-state index contributed by atoms with van der Waals surface area (Å²) in [7, 11) is 0. The Kier molecular flexibility index (Phi) is 5.81. The molecule has 2 atom stereocenters. The lowest BCUT2D eigenvalue weighted by atomic mass is 10.0. The van der Waals surface area contributed by atoms with Crippen LogP contribution in [0.2, 0.25) is 0 Å². The minimum atomic E-state index is 0.0476. The third-order valence-corrected chi connectivity index (χ3v) is 5.03. The summed E-state index contributed by atoms with van der Waals surface area (Å²) in [6.07, 6.45) is 6.83. The van der Waals surface area contributed by atoms with E-state index < -0.39 is 0 Å². The van der Waals surface area contributed by atoms with Crippen molar-refractivity contribution < 1.29 is 4.74 Å². The lowest BCUT2D eigenvalue weighted by Gasteiger charge is -2.33. The molecule has 0 unspecified atom stereocenters. The first-order valence-electron chi connectivity index (χ1n) is 10.2. The standard InChI is InChI=1S/C27H27NO/c1-21(2)29-26-20-25(19-18-22-12-6-3-7-13-22)28(24-16-10-5-11-17-24)27(26)23-14-8-4-9-15-23/h3-21,25,27H,1-2H3/b19-18-/t25-,27-/m0/s1. The minimum absolute atomic E-state index is 0.0476. The van der Waals surface area contributed by atoms with Crippen LogP contribution in [0, 0.1) is 0 Å². The highest BCUT2D eigenvalue weighted by molar-refractivity contribution is 5.60. The highest BCUT2D eigenvalue weighted by Crippen LogP contribution is 2.41. The molecule has 29 heavy (non-hydrogen) atoms. The summed E-state index contributed by atoms with van der Waals surface area (Å²) in [5.74, 6) is 1.01. The molecule has 3 aromatic rings. The summed E-state index contributed by atoms with van der Waals surface area (Å²) in [6, 6.07) is 31.8. The largest absolute Gasteiger partial charge is 0.493 e. The van der Waals surface area contributed by atoms with E-state index >= 15 is 0 Å². The molecule has 0 fully saturated rings. The number of anilines is 1. The number of nitrogens with zero attached hydrogens (tertiary/aromatic N) is 1. The summed E-state index contributed by atoms with van der Waals surface area (Å²) in [4.78, 5) is 2.44. The number of benzene rings is 3. The predicted molar refractivity (Wildman–Crippen MR) is 122 cm³/mol. The van der Waals surface area contributed by atoms with Gasteiger partial charge in [0, 0.05) is 5.69 Å². The average molecular weight is 382 g/mol. The molecule has 1 aliphatic rings. The van der Waals surface area contributed by atoms with Gasteiger partial charge in [0.15, 0.2) is 0 Å². The van der Waals surface area contributed by atoms with E-state index in [0.29, 0.717) is 0 Å². The SMILES string of the molecule is CC(C)OC1=C[C@H](/C=C\c2ccccc2)N(c2ccccc2)[C@H]1c1ccccc1. The quantitative estimate of drug-likeness (QED) is 0.474. The molecule has 2 heteroatoms. The van der Waals surface area contributed by atoms with E-state index in [9.17, 15) is 0 Å². The first-order chi connectivity index (χ1) is 14.2. The molecule has 0 aromatic heterocycles. The van der Waals surface area contributed by atoms with Crippen molar-refractivity contribution in [2.24, 2.45) is 0 Å². The Hall–Kier alpha value is -3.26. The fourth-order valence-corrected chi connectivity index (χ4v) is 3.83. The summed E-state index contributed by atoms with van der Waals surface area (Å²) in [5, 5.41) is 0. The van der Waals surface area contributed by atoms with Crippen LogP contribution in [0.4, 0.5) is 5.69 Å². The van der Waals surface area contributed by atoms with Gasteiger partial charge in [-0.25, -0.2) is 0 Å². The second-order valence-electron chi connectivity index (χ2n) is 7.55. The van der Waals surface area contributed by atoms with Crippen LogP contribution in [-0.4, -0.2) is 12.1 Å². The van der Waals surface area contributed by atoms with Gasteiger partial charge in [0.2, 0.25) is 0 Å². The van der Waals surface area contributed by atoms with E-state index in [1.807, 2.05) is 6.07 Å². The van der Waals surface area contributed by atoms with Crippen LogP contribution in [0.1, 0.15) is 31.0 Å². The van der Waals surface area contributed by atoms with E-state index in [2.05, 4.69) is 122 Å². The van der Waals surface area contributed by atoms with Crippen LogP contribution in [0.25, 0.3) is 6.08 Å². The topological polar surface area (TPSA) is 12.5 Å². The second-order valence-corrected chi connectivity index (χ2v) is 7.55. The van der Waals surface area contributed by atoms with Crippen molar-refractivity contribution in [1.82, 2.24) is 0 Å². The zero-order chi connectivity index (χ0) is 20.1. The maximum atomic E-state index is 6.30. The Labute approximate surface area is 173 Å². The molecule has 2 nitrogen and oxygen atoms in total. The summed E-state index contributed by atoms with van der Waals surface area (Å²) < 4.78 is 6.30. The van der Waals surface area contributed by atoms with Gasteiger partial charge in [-0.05, 0) is 43.2 Å². The van der Waals surface area contributed by atoms with E-state index in [-0.39, 0.29) is 18.2 Å². The molecule has 1 aliphatic heterocycles.